The molecule has 3 rings (SSSR count). The van der Waals surface area contributed by atoms with Crippen LogP contribution in [0, 0.1) is 5.53 Å². The summed E-state index contributed by atoms with van der Waals surface area (Å²) in [6.45, 7) is 1.66. The van der Waals surface area contributed by atoms with Crippen LogP contribution in [0.4, 0.5) is 5.69 Å². The zero-order valence-corrected chi connectivity index (χ0v) is 17.4. The van der Waals surface area contributed by atoms with Crippen molar-refractivity contribution in [2.45, 2.75) is 19.3 Å². The first kappa shape index (κ1) is 17.5. The first-order valence-corrected chi connectivity index (χ1v) is 11.8. The Morgan fingerprint density at radius 1 is 1.12 bits per heavy atom. The Hall–Kier alpha value is -1.33. The van der Waals surface area contributed by atoms with Gasteiger partial charge in [0.05, 0.1) is 0 Å². The molecule has 0 atom stereocenters. The fourth-order valence-electron chi connectivity index (χ4n) is 2.95. The normalized spacial score (nSPS) is 14.3. The van der Waals surface area contributed by atoms with Gasteiger partial charge in [-0.25, -0.2) is 0 Å². The molecular formula is C18H18ClInN3O. The Labute approximate surface area is 158 Å². The van der Waals surface area contributed by atoms with Gasteiger partial charge in [-0.15, -0.1) is 0 Å². The van der Waals surface area contributed by atoms with Crippen molar-refractivity contribution in [3.63, 3.8) is 0 Å². The SMILES string of the molecule is N=Nc1cc(C(=O)N2CCCCC2)cc[c]1[In][c]1cccc(Cl)c1. The van der Waals surface area contributed by atoms with Gasteiger partial charge in [-0.05, 0) is 0 Å². The van der Waals surface area contributed by atoms with Gasteiger partial charge < -0.3 is 0 Å². The third-order valence-electron chi connectivity index (χ3n) is 4.21. The van der Waals surface area contributed by atoms with Crippen LogP contribution in [0.1, 0.15) is 29.6 Å². The van der Waals surface area contributed by atoms with E-state index in [1.165, 1.54) is 9.74 Å². The van der Waals surface area contributed by atoms with Gasteiger partial charge in [-0.1, -0.05) is 0 Å². The summed E-state index contributed by atoms with van der Waals surface area (Å²) >= 11 is 4.75. The van der Waals surface area contributed by atoms with Crippen LogP contribution < -0.4 is 6.64 Å². The molecule has 0 unspecified atom stereocenters. The van der Waals surface area contributed by atoms with Crippen molar-refractivity contribution < 1.29 is 4.79 Å². The van der Waals surface area contributed by atoms with Crippen LogP contribution in [0.15, 0.2) is 47.6 Å². The van der Waals surface area contributed by atoms with E-state index in [1.54, 1.807) is 6.07 Å². The molecule has 0 aliphatic carbocycles. The number of piperidine rings is 1. The number of carbonyl (C=O) groups excluding carboxylic acids is 1. The number of amides is 1. The minimum absolute atomic E-state index is 0.0571. The molecule has 1 aliphatic rings. The third kappa shape index (κ3) is 4.19. The van der Waals surface area contributed by atoms with Gasteiger partial charge in [0, 0.05) is 0 Å². The van der Waals surface area contributed by atoms with Gasteiger partial charge in [0.15, 0.2) is 0 Å². The number of hydrogen-bond acceptors (Lipinski definition) is 3. The van der Waals surface area contributed by atoms with Crippen LogP contribution in [0.5, 0.6) is 0 Å². The van der Waals surface area contributed by atoms with Gasteiger partial charge in [-0.3, -0.25) is 0 Å². The Morgan fingerprint density at radius 2 is 1.92 bits per heavy atom. The third-order valence-corrected chi connectivity index (χ3v) is 8.70. The minimum atomic E-state index is -1.30. The number of benzene rings is 2. The van der Waals surface area contributed by atoms with Crippen molar-refractivity contribution >= 4 is 52.7 Å². The maximum atomic E-state index is 12.6. The first-order chi connectivity index (χ1) is 11.7. The molecule has 0 bridgehead atoms. The average molecular weight is 443 g/mol. The van der Waals surface area contributed by atoms with Gasteiger partial charge >= 0.3 is 158 Å². The molecule has 1 radical (unpaired) electrons. The van der Waals surface area contributed by atoms with Crippen LogP contribution >= 0.6 is 11.6 Å². The summed E-state index contributed by atoms with van der Waals surface area (Å²) in [5.74, 6) is 0.0571. The number of nitrogens with one attached hydrogen (secondary N) is 1. The van der Waals surface area contributed by atoms with Gasteiger partial charge in [0.2, 0.25) is 0 Å². The molecule has 0 aromatic heterocycles. The number of rotatable bonds is 4. The Bertz CT molecular complexity index is 760. The quantitative estimate of drug-likeness (QED) is 0.726. The van der Waals surface area contributed by atoms with Crippen molar-refractivity contribution in [2.75, 3.05) is 13.1 Å². The van der Waals surface area contributed by atoms with Crippen LogP contribution in [-0.4, -0.2) is 46.8 Å². The molecule has 6 heteroatoms. The molecule has 1 heterocycles. The van der Waals surface area contributed by atoms with E-state index in [0.717, 1.165) is 34.3 Å². The summed E-state index contributed by atoms with van der Waals surface area (Å²) in [4.78, 5) is 14.5. The second kappa shape index (κ2) is 8.17. The van der Waals surface area contributed by atoms with Crippen molar-refractivity contribution in [3.8, 4) is 0 Å². The van der Waals surface area contributed by atoms with Crippen molar-refractivity contribution in [3.05, 3.63) is 53.1 Å². The van der Waals surface area contributed by atoms with Crippen LogP contribution in [0.2, 0.25) is 5.02 Å². The van der Waals surface area contributed by atoms with E-state index in [2.05, 4.69) is 11.2 Å². The summed E-state index contributed by atoms with van der Waals surface area (Å²) in [5, 5.41) is 4.41. The summed E-state index contributed by atoms with van der Waals surface area (Å²) in [5.41, 5.74) is 8.74. The molecule has 0 saturated carbocycles. The fraction of sp³-hybridized carbons (Fsp3) is 0.278. The molecule has 24 heavy (non-hydrogen) atoms. The zero-order valence-electron chi connectivity index (χ0n) is 13.3. The number of carbonyl (C=O) groups is 1. The van der Waals surface area contributed by atoms with Gasteiger partial charge in [0.25, 0.3) is 0 Å². The van der Waals surface area contributed by atoms with Gasteiger partial charge in [0.1, 0.15) is 0 Å². The van der Waals surface area contributed by atoms with E-state index in [1.807, 2.05) is 35.2 Å². The van der Waals surface area contributed by atoms with Crippen molar-refractivity contribution in [2.24, 2.45) is 5.11 Å². The maximum absolute atomic E-state index is 12.6. The van der Waals surface area contributed by atoms with E-state index < -0.39 is 22.9 Å². The first-order valence-electron chi connectivity index (χ1n) is 8.08. The Balaban J connectivity index is 1.82. The molecule has 1 aliphatic heterocycles. The van der Waals surface area contributed by atoms with E-state index in [9.17, 15) is 4.79 Å². The van der Waals surface area contributed by atoms with E-state index >= 15 is 0 Å². The van der Waals surface area contributed by atoms with Crippen LogP contribution in [-0.2, 0) is 0 Å². The summed E-state index contributed by atoms with van der Waals surface area (Å²) in [6, 6.07) is 13.5. The Kier molecular flexibility index (Phi) is 5.95. The molecule has 4 nitrogen and oxygen atoms in total. The van der Waals surface area contributed by atoms with Crippen LogP contribution in [0.3, 0.4) is 0 Å². The number of nitrogens with zero attached hydrogens (tertiary/aromatic N) is 2. The molecule has 1 amide bonds. The van der Waals surface area contributed by atoms with Crippen LogP contribution in [0.25, 0.3) is 0 Å². The molecule has 0 spiro atoms. The van der Waals surface area contributed by atoms with Crippen molar-refractivity contribution in [1.82, 2.24) is 4.90 Å². The predicted octanol–water partition coefficient (Wildman–Crippen LogP) is 3.28. The number of likely N-dealkylation sites (tertiary alicyclic amines) is 1. The molecule has 1 N–H and O–H groups in total. The fourth-order valence-corrected chi connectivity index (χ4v) is 7.21. The molecular weight excluding hydrogens is 424 g/mol. The standard InChI is InChI=1S/C12H14N3O.C6H4Cl.In/c13-14-11-6-4-5-10(9-11)12(16)15-7-2-1-3-8-15;7-6-4-2-1-3-5-6;/h4-5,9,13H,1-3,7-8H2;1-2,4-5H;. The molecule has 121 valence electrons. The monoisotopic (exact) mass is 442 g/mol. The molecule has 2 aromatic carbocycles. The second-order valence-electron chi connectivity index (χ2n) is 5.94. The second-order valence-corrected chi connectivity index (χ2v) is 10.9. The molecule has 1 fully saturated rings. The van der Waals surface area contributed by atoms with Crippen molar-refractivity contribution in [1.29, 1.82) is 5.53 Å². The number of halogens is 1. The summed E-state index contributed by atoms with van der Waals surface area (Å²) in [6.07, 6.45) is 3.34. The Morgan fingerprint density at radius 3 is 2.62 bits per heavy atom. The van der Waals surface area contributed by atoms with E-state index in [0.29, 0.717) is 11.3 Å². The van der Waals surface area contributed by atoms with E-state index in [-0.39, 0.29) is 5.91 Å². The number of hydrogen-bond donors (Lipinski definition) is 1. The van der Waals surface area contributed by atoms with E-state index in [4.69, 9.17) is 17.1 Å². The zero-order chi connectivity index (χ0) is 16.9. The molecule has 2 aromatic rings. The topological polar surface area (TPSA) is 56.5 Å². The molecule has 1 saturated heterocycles. The van der Waals surface area contributed by atoms with Gasteiger partial charge in [-0.2, -0.15) is 0 Å². The average Bonchev–Trinajstić information content (AvgIpc) is 2.62. The summed E-state index contributed by atoms with van der Waals surface area (Å²) in [7, 11) is 0. The predicted molar refractivity (Wildman–Crippen MR) is 97.5 cm³/mol. The summed E-state index contributed by atoms with van der Waals surface area (Å²) < 4.78 is 2.36.